The maximum atomic E-state index is 12.6. The van der Waals surface area contributed by atoms with Gasteiger partial charge in [-0.2, -0.15) is 0 Å². The van der Waals surface area contributed by atoms with E-state index >= 15 is 0 Å². The van der Waals surface area contributed by atoms with Crippen molar-refractivity contribution in [1.82, 2.24) is 0 Å². The summed E-state index contributed by atoms with van der Waals surface area (Å²) in [7, 11) is 0. The molecule has 1 aliphatic rings. The van der Waals surface area contributed by atoms with Crippen LogP contribution in [0, 0.1) is 0 Å². The highest BCUT2D eigenvalue weighted by Gasteiger charge is 2.39. The van der Waals surface area contributed by atoms with Gasteiger partial charge in [-0.25, -0.2) is 4.90 Å². The number of fused-ring (bicyclic) bond motifs is 1. The second kappa shape index (κ2) is 4.85. The Kier molecular flexibility index (Phi) is 3.26. The Hall–Kier alpha value is -1.86. The van der Waals surface area contributed by atoms with Crippen molar-refractivity contribution in [1.29, 1.82) is 0 Å². The van der Waals surface area contributed by atoms with E-state index in [2.05, 4.69) is 31.9 Å². The van der Waals surface area contributed by atoms with E-state index in [1.807, 2.05) is 0 Å². The number of nitrogens with zero attached hydrogens (tertiary/aromatic N) is 1. The fourth-order valence-electron chi connectivity index (χ4n) is 2.31. The van der Waals surface area contributed by atoms with Crippen LogP contribution in [-0.2, 0) is 0 Å². The van der Waals surface area contributed by atoms with Gasteiger partial charge in [0, 0.05) is 20.3 Å². The summed E-state index contributed by atoms with van der Waals surface area (Å²) in [6.07, 6.45) is 0. The van der Waals surface area contributed by atoms with Gasteiger partial charge >= 0.3 is 0 Å². The molecule has 0 atom stereocenters. The molecule has 1 aliphatic heterocycles. The monoisotopic (exact) mass is 409 g/mol. The highest BCUT2D eigenvalue weighted by Crippen LogP contribution is 2.41. The molecule has 0 bridgehead atoms. The standard InChI is InChI=1S/C14H9Br2N3O2/c15-8-4-6(17)5-9(16)12(8)19-13(20)7-2-1-3-10(18)11(7)14(19)21/h1-5H,17-18H2. The van der Waals surface area contributed by atoms with Crippen LogP contribution in [0.1, 0.15) is 20.7 Å². The zero-order valence-electron chi connectivity index (χ0n) is 10.6. The Morgan fingerprint density at radius 3 is 2.14 bits per heavy atom. The SMILES string of the molecule is Nc1cc(Br)c(N2C(=O)c3cccc(N)c3C2=O)c(Br)c1. The van der Waals surface area contributed by atoms with E-state index in [9.17, 15) is 9.59 Å². The largest absolute Gasteiger partial charge is 0.399 e. The molecule has 2 aromatic rings. The number of halogens is 2. The van der Waals surface area contributed by atoms with Gasteiger partial charge in [0.15, 0.2) is 0 Å². The number of hydrogen-bond acceptors (Lipinski definition) is 4. The molecule has 0 radical (unpaired) electrons. The summed E-state index contributed by atoms with van der Waals surface area (Å²) in [5.41, 5.74) is 13.3. The molecule has 2 aromatic carbocycles. The molecule has 0 saturated heterocycles. The third-order valence-electron chi connectivity index (χ3n) is 3.21. The van der Waals surface area contributed by atoms with Gasteiger partial charge in [0.05, 0.1) is 16.8 Å². The molecule has 5 nitrogen and oxygen atoms in total. The zero-order chi connectivity index (χ0) is 15.3. The first-order valence-electron chi connectivity index (χ1n) is 5.93. The summed E-state index contributed by atoms with van der Waals surface area (Å²) < 4.78 is 1.09. The Labute approximate surface area is 137 Å². The van der Waals surface area contributed by atoms with Crippen LogP contribution in [0.4, 0.5) is 17.1 Å². The van der Waals surface area contributed by atoms with Gasteiger partial charge in [0.25, 0.3) is 11.8 Å². The number of nitrogen functional groups attached to an aromatic ring is 2. The normalized spacial score (nSPS) is 13.7. The number of carbonyl (C=O) groups is 2. The third-order valence-corrected chi connectivity index (χ3v) is 4.42. The minimum Gasteiger partial charge on any atom is -0.399 e. The minimum absolute atomic E-state index is 0.234. The van der Waals surface area contributed by atoms with Crippen LogP contribution in [-0.4, -0.2) is 11.8 Å². The van der Waals surface area contributed by atoms with Gasteiger partial charge in [-0.3, -0.25) is 9.59 Å². The van der Waals surface area contributed by atoms with Gasteiger partial charge in [0.1, 0.15) is 0 Å². The highest BCUT2D eigenvalue weighted by atomic mass is 79.9. The van der Waals surface area contributed by atoms with Gasteiger partial charge < -0.3 is 11.5 Å². The first kappa shape index (κ1) is 14.1. The van der Waals surface area contributed by atoms with Crippen molar-refractivity contribution in [2.24, 2.45) is 0 Å². The molecule has 3 rings (SSSR count). The average Bonchev–Trinajstić information content (AvgIpc) is 2.64. The molecule has 0 unspecified atom stereocenters. The van der Waals surface area contributed by atoms with Crippen molar-refractivity contribution in [2.75, 3.05) is 16.4 Å². The van der Waals surface area contributed by atoms with Gasteiger partial charge in [0.2, 0.25) is 0 Å². The van der Waals surface area contributed by atoms with E-state index in [1.165, 1.54) is 0 Å². The molecule has 1 heterocycles. The summed E-state index contributed by atoms with van der Waals surface area (Å²) >= 11 is 6.68. The number of amides is 2. The van der Waals surface area contributed by atoms with Crippen LogP contribution in [0.15, 0.2) is 39.3 Å². The Bertz CT molecular complexity index is 782. The molecule has 0 spiro atoms. The summed E-state index contributed by atoms with van der Waals surface area (Å²) in [5.74, 6) is -0.854. The van der Waals surface area contributed by atoms with E-state index in [1.54, 1.807) is 30.3 Å². The summed E-state index contributed by atoms with van der Waals surface area (Å²) in [4.78, 5) is 26.2. The average molecular weight is 411 g/mol. The summed E-state index contributed by atoms with van der Waals surface area (Å²) in [6, 6.07) is 8.10. The molecule has 4 N–H and O–H groups in total. The Balaban J connectivity index is 2.22. The molecule has 2 amide bonds. The molecule has 0 aromatic heterocycles. The lowest BCUT2D eigenvalue weighted by molar-refractivity contribution is 0.0926. The van der Waals surface area contributed by atoms with Gasteiger partial charge in [-0.05, 0) is 56.1 Å². The van der Waals surface area contributed by atoms with Crippen LogP contribution in [0.3, 0.4) is 0 Å². The second-order valence-corrected chi connectivity index (χ2v) is 6.26. The molecule has 0 saturated carbocycles. The van der Waals surface area contributed by atoms with E-state index in [0.717, 1.165) is 4.90 Å². The highest BCUT2D eigenvalue weighted by molar-refractivity contribution is 9.11. The van der Waals surface area contributed by atoms with Crippen molar-refractivity contribution in [3.05, 3.63) is 50.4 Å². The van der Waals surface area contributed by atoms with Crippen LogP contribution in [0.2, 0.25) is 0 Å². The third kappa shape index (κ3) is 2.04. The topological polar surface area (TPSA) is 89.4 Å². The summed E-state index contributed by atoms with van der Waals surface area (Å²) in [5, 5.41) is 0. The number of nitrogens with two attached hydrogens (primary N) is 2. The molecule has 21 heavy (non-hydrogen) atoms. The quantitative estimate of drug-likeness (QED) is 0.558. The number of imide groups is 1. The number of carbonyl (C=O) groups excluding carboxylic acids is 2. The van der Waals surface area contributed by atoms with Crippen LogP contribution < -0.4 is 16.4 Å². The van der Waals surface area contributed by atoms with Crippen molar-refractivity contribution in [3.63, 3.8) is 0 Å². The van der Waals surface area contributed by atoms with Crippen LogP contribution in [0.5, 0.6) is 0 Å². The molecule has 106 valence electrons. The minimum atomic E-state index is -0.445. The first-order chi connectivity index (χ1) is 9.91. The molecular formula is C14H9Br2N3O2. The number of benzene rings is 2. The maximum Gasteiger partial charge on any atom is 0.268 e. The van der Waals surface area contributed by atoms with Crippen molar-refractivity contribution in [3.8, 4) is 0 Å². The lowest BCUT2D eigenvalue weighted by atomic mass is 10.1. The number of rotatable bonds is 1. The maximum absolute atomic E-state index is 12.6. The molecule has 0 aliphatic carbocycles. The lowest BCUT2D eigenvalue weighted by Gasteiger charge is -2.18. The molecule has 0 fully saturated rings. The van der Waals surface area contributed by atoms with Gasteiger partial charge in [-0.15, -0.1) is 0 Å². The molecular weight excluding hydrogens is 402 g/mol. The fourth-order valence-corrected chi connectivity index (χ4v) is 3.89. The molecule has 7 heteroatoms. The van der Waals surface area contributed by atoms with Gasteiger partial charge in [-0.1, -0.05) is 6.07 Å². The van der Waals surface area contributed by atoms with Crippen LogP contribution in [0.25, 0.3) is 0 Å². The van der Waals surface area contributed by atoms with E-state index in [-0.39, 0.29) is 11.3 Å². The van der Waals surface area contributed by atoms with Crippen LogP contribution >= 0.6 is 31.9 Å². The second-order valence-electron chi connectivity index (χ2n) is 4.55. The number of hydrogen-bond donors (Lipinski definition) is 2. The summed E-state index contributed by atoms with van der Waals surface area (Å²) in [6.45, 7) is 0. The predicted octanol–water partition coefficient (Wildman–Crippen LogP) is 3.18. The smallest absolute Gasteiger partial charge is 0.268 e. The fraction of sp³-hybridized carbons (Fsp3) is 0. The van der Waals surface area contributed by atoms with Crippen molar-refractivity contribution >= 4 is 60.7 Å². The predicted molar refractivity (Wildman–Crippen MR) is 88.2 cm³/mol. The van der Waals surface area contributed by atoms with E-state index in [4.69, 9.17) is 11.5 Å². The Morgan fingerprint density at radius 1 is 0.952 bits per heavy atom. The first-order valence-corrected chi connectivity index (χ1v) is 7.52. The van der Waals surface area contributed by atoms with Crippen molar-refractivity contribution < 1.29 is 9.59 Å². The zero-order valence-corrected chi connectivity index (χ0v) is 13.7. The Morgan fingerprint density at radius 2 is 1.57 bits per heavy atom. The van der Waals surface area contributed by atoms with E-state index < -0.39 is 11.8 Å². The van der Waals surface area contributed by atoms with Crippen molar-refractivity contribution in [2.45, 2.75) is 0 Å². The van der Waals surface area contributed by atoms with E-state index in [0.29, 0.717) is 25.9 Å². The lowest BCUT2D eigenvalue weighted by Crippen LogP contribution is -2.30. The number of anilines is 3.